The van der Waals surface area contributed by atoms with E-state index in [1.54, 1.807) is 36.5 Å². The Morgan fingerprint density at radius 1 is 1.12 bits per heavy atom. The van der Waals surface area contributed by atoms with Crippen LogP contribution in [0.4, 0.5) is 0 Å². The normalized spacial score (nSPS) is 21.2. The van der Waals surface area contributed by atoms with Crippen LogP contribution in [0.5, 0.6) is 5.75 Å². The summed E-state index contributed by atoms with van der Waals surface area (Å²) in [7, 11) is 1.57. The fourth-order valence-electron chi connectivity index (χ4n) is 4.94. The maximum absolute atomic E-state index is 13.5. The van der Waals surface area contributed by atoms with Crippen molar-refractivity contribution < 1.29 is 14.3 Å². The Labute approximate surface area is 186 Å². The Hall–Kier alpha value is -3.42. The molecule has 1 aromatic carbocycles. The molecule has 0 radical (unpaired) electrons. The molecule has 2 fully saturated rings. The number of amides is 2. The summed E-state index contributed by atoms with van der Waals surface area (Å²) in [5.74, 6) is 1.21. The van der Waals surface area contributed by atoms with Crippen LogP contribution in [0.1, 0.15) is 47.9 Å². The average molecular weight is 434 g/mol. The van der Waals surface area contributed by atoms with E-state index in [1.165, 1.54) is 0 Å². The molecule has 8 nitrogen and oxygen atoms in total. The lowest BCUT2D eigenvalue weighted by molar-refractivity contribution is -0.138. The number of carbonyl (C=O) groups is 2. The molecule has 166 valence electrons. The first-order valence-corrected chi connectivity index (χ1v) is 11.2. The van der Waals surface area contributed by atoms with Gasteiger partial charge in [-0.3, -0.25) is 14.6 Å². The summed E-state index contributed by atoms with van der Waals surface area (Å²) < 4.78 is 5.36. The number of hydrogen-bond acceptors (Lipinski definition) is 5. The van der Waals surface area contributed by atoms with Crippen molar-refractivity contribution >= 4 is 22.8 Å². The van der Waals surface area contributed by atoms with Crippen LogP contribution < -0.4 is 4.74 Å². The third-order valence-electron chi connectivity index (χ3n) is 6.55. The molecule has 2 aliphatic heterocycles. The molecule has 32 heavy (non-hydrogen) atoms. The Morgan fingerprint density at radius 3 is 2.81 bits per heavy atom. The fraction of sp³-hybridized carbons (Fsp3) is 0.417. The molecule has 4 heterocycles. The first-order valence-electron chi connectivity index (χ1n) is 11.2. The number of piperidine rings is 1. The van der Waals surface area contributed by atoms with Crippen LogP contribution in [0, 0.1) is 5.92 Å². The summed E-state index contributed by atoms with van der Waals surface area (Å²) in [4.78, 5) is 42.6. The molecule has 0 bridgehead atoms. The summed E-state index contributed by atoms with van der Waals surface area (Å²) in [5, 5.41) is 0. The molecule has 1 N–H and O–H groups in total. The summed E-state index contributed by atoms with van der Waals surface area (Å²) >= 11 is 0. The number of aromatic nitrogens is 3. The van der Waals surface area contributed by atoms with Crippen LogP contribution in [0.3, 0.4) is 0 Å². The molecule has 2 atom stereocenters. The van der Waals surface area contributed by atoms with Crippen molar-refractivity contribution in [1.29, 1.82) is 0 Å². The maximum Gasteiger partial charge on any atom is 0.257 e. The van der Waals surface area contributed by atoms with E-state index in [4.69, 9.17) is 9.72 Å². The van der Waals surface area contributed by atoms with Crippen molar-refractivity contribution in [1.82, 2.24) is 24.8 Å². The van der Waals surface area contributed by atoms with Gasteiger partial charge >= 0.3 is 0 Å². The van der Waals surface area contributed by atoms with E-state index in [0.717, 1.165) is 49.1 Å². The molecule has 3 aromatic rings. The van der Waals surface area contributed by atoms with Crippen molar-refractivity contribution in [3.63, 3.8) is 0 Å². The molecule has 8 heteroatoms. The maximum atomic E-state index is 13.5. The highest BCUT2D eigenvalue weighted by molar-refractivity contribution is 5.97. The first kappa shape index (κ1) is 20.5. The van der Waals surface area contributed by atoms with Gasteiger partial charge in [0.05, 0.1) is 41.9 Å². The Bertz CT molecular complexity index is 1110. The minimum absolute atomic E-state index is 0.0600. The van der Waals surface area contributed by atoms with Gasteiger partial charge in [0.1, 0.15) is 11.6 Å². The van der Waals surface area contributed by atoms with Gasteiger partial charge < -0.3 is 19.5 Å². The molecule has 0 saturated carbocycles. The average Bonchev–Trinajstić information content (AvgIpc) is 3.50. The molecule has 2 aliphatic rings. The number of benzene rings is 1. The second-order valence-corrected chi connectivity index (χ2v) is 8.50. The predicted octanol–water partition coefficient (Wildman–Crippen LogP) is 3.18. The highest BCUT2D eigenvalue weighted by Gasteiger charge is 2.38. The summed E-state index contributed by atoms with van der Waals surface area (Å²) in [6, 6.07) is 9.06. The number of para-hydroxylation sites is 1. The van der Waals surface area contributed by atoms with Gasteiger partial charge in [0.25, 0.3) is 5.91 Å². The number of hydrogen-bond donors (Lipinski definition) is 1. The van der Waals surface area contributed by atoms with Gasteiger partial charge in [-0.1, -0.05) is 12.1 Å². The Kier molecular flexibility index (Phi) is 5.51. The lowest BCUT2D eigenvalue weighted by Gasteiger charge is -2.35. The van der Waals surface area contributed by atoms with Gasteiger partial charge in [0.2, 0.25) is 5.91 Å². The number of imidazole rings is 1. The zero-order valence-corrected chi connectivity index (χ0v) is 18.2. The van der Waals surface area contributed by atoms with Gasteiger partial charge in [-0.2, -0.15) is 0 Å². The summed E-state index contributed by atoms with van der Waals surface area (Å²) in [6.45, 7) is 1.80. The first-order chi connectivity index (χ1) is 15.7. The van der Waals surface area contributed by atoms with Gasteiger partial charge in [0.15, 0.2) is 0 Å². The van der Waals surface area contributed by atoms with Crippen LogP contribution in [0.2, 0.25) is 0 Å². The number of nitrogens with zero attached hydrogens (tertiary/aromatic N) is 4. The summed E-state index contributed by atoms with van der Waals surface area (Å²) in [5.41, 5.74) is 2.28. The number of rotatable bonds is 4. The van der Waals surface area contributed by atoms with Gasteiger partial charge in [-0.05, 0) is 43.9 Å². The minimum Gasteiger partial charge on any atom is -0.496 e. The standard InChI is InChI=1S/C24H27N5O3/c1-32-21-9-3-2-7-17(21)24(31)28-12-4-6-16(15-28)23(30)29-13-5-8-20(29)22-26-18-10-11-25-14-19(18)27-22/h2-3,7,9-11,14,16,20H,4-6,8,12-13,15H2,1H3,(H,26,27). The van der Waals surface area contributed by atoms with Crippen molar-refractivity contribution in [3.8, 4) is 5.75 Å². The van der Waals surface area contributed by atoms with Crippen LogP contribution >= 0.6 is 0 Å². The Balaban J connectivity index is 1.32. The fourth-order valence-corrected chi connectivity index (χ4v) is 4.94. The van der Waals surface area contributed by atoms with Crippen LogP contribution in [0.15, 0.2) is 42.7 Å². The number of ether oxygens (including phenoxy) is 1. The number of likely N-dealkylation sites (tertiary alicyclic amines) is 2. The number of nitrogens with one attached hydrogen (secondary N) is 1. The smallest absolute Gasteiger partial charge is 0.257 e. The minimum atomic E-state index is -0.200. The van der Waals surface area contributed by atoms with E-state index < -0.39 is 0 Å². The monoisotopic (exact) mass is 433 g/mol. The van der Waals surface area contributed by atoms with Crippen molar-refractivity contribution in [2.24, 2.45) is 5.92 Å². The van der Waals surface area contributed by atoms with Crippen molar-refractivity contribution in [2.75, 3.05) is 26.7 Å². The molecule has 2 unspecified atom stereocenters. The van der Waals surface area contributed by atoms with Crippen LogP contribution in [-0.4, -0.2) is 63.3 Å². The summed E-state index contributed by atoms with van der Waals surface area (Å²) in [6.07, 6.45) is 6.92. The molecule has 2 aromatic heterocycles. The topological polar surface area (TPSA) is 91.4 Å². The van der Waals surface area contributed by atoms with Gasteiger partial charge in [-0.25, -0.2) is 4.98 Å². The molecular formula is C24H27N5O3. The molecular weight excluding hydrogens is 406 g/mol. The SMILES string of the molecule is COc1ccccc1C(=O)N1CCCC(C(=O)N2CCCC2c2nc3ccncc3[nH]2)C1. The predicted molar refractivity (Wildman–Crippen MR) is 119 cm³/mol. The van der Waals surface area contributed by atoms with Gasteiger partial charge in [0, 0.05) is 25.8 Å². The van der Waals surface area contributed by atoms with E-state index in [0.29, 0.717) is 24.4 Å². The highest BCUT2D eigenvalue weighted by atomic mass is 16.5. The Morgan fingerprint density at radius 2 is 1.97 bits per heavy atom. The molecule has 0 spiro atoms. The number of pyridine rings is 1. The van der Waals surface area contributed by atoms with E-state index >= 15 is 0 Å². The molecule has 5 rings (SSSR count). The second-order valence-electron chi connectivity index (χ2n) is 8.50. The van der Waals surface area contributed by atoms with E-state index in [1.807, 2.05) is 23.1 Å². The third kappa shape index (κ3) is 3.70. The number of aromatic amines is 1. The zero-order valence-electron chi connectivity index (χ0n) is 18.2. The number of carbonyl (C=O) groups excluding carboxylic acids is 2. The third-order valence-corrected chi connectivity index (χ3v) is 6.55. The van der Waals surface area contributed by atoms with Crippen molar-refractivity contribution in [2.45, 2.75) is 31.7 Å². The van der Waals surface area contributed by atoms with E-state index in [-0.39, 0.29) is 23.8 Å². The van der Waals surface area contributed by atoms with Crippen molar-refractivity contribution in [3.05, 3.63) is 54.1 Å². The zero-order chi connectivity index (χ0) is 22.1. The largest absolute Gasteiger partial charge is 0.496 e. The number of H-pyrrole nitrogens is 1. The molecule has 0 aliphatic carbocycles. The van der Waals surface area contributed by atoms with Crippen LogP contribution in [0.25, 0.3) is 11.0 Å². The molecule has 2 amide bonds. The van der Waals surface area contributed by atoms with Gasteiger partial charge in [-0.15, -0.1) is 0 Å². The van der Waals surface area contributed by atoms with Crippen LogP contribution in [-0.2, 0) is 4.79 Å². The highest BCUT2D eigenvalue weighted by Crippen LogP contribution is 2.34. The second kappa shape index (κ2) is 8.61. The lowest BCUT2D eigenvalue weighted by Crippen LogP contribution is -2.46. The van der Waals surface area contributed by atoms with E-state index in [2.05, 4.69) is 9.97 Å². The molecule has 2 saturated heterocycles. The quantitative estimate of drug-likeness (QED) is 0.682. The van der Waals surface area contributed by atoms with E-state index in [9.17, 15) is 9.59 Å². The number of fused-ring (bicyclic) bond motifs is 1. The lowest BCUT2D eigenvalue weighted by atomic mass is 9.95. The number of methoxy groups -OCH3 is 1.